The first-order valence-corrected chi connectivity index (χ1v) is 7.59. The van der Waals surface area contributed by atoms with Gasteiger partial charge in [0, 0.05) is 0 Å². The second kappa shape index (κ2) is 9.82. The van der Waals surface area contributed by atoms with E-state index in [1.165, 1.54) is 18.3 Å². The van der Waals surface area contributed by atoms with Gasteiger partial charge in [0.1, 0.15) is 12.4 Å². The number of rotatable bonds is 8. The van der Waals surface area contributed by atoms with Gasteiger partial charge in [0.25, 0.3) is 0 Å². The Kier molecular flexibility index (Phi) is 8.05. The van der Waals surface area contributed by atoms with Crippen LogP contribution in [0.5, 0.6) is 5.75 Å². The lowest BCUT2D eigenvalue weighted by Crippen LogP contribution is -2.04. The Morgan fingerprint density at radius 3 is 2.36 bits per heavy atom. The van der Waals surface area contributed by atoms with Crippen LogP contribution >= 0.6 is 0 Å². The molecule has 1 rings (SSSR count). The molecule has 3 nitrogen and oxygen atoms in total. The highest BCUT2D eigenvalue weighted by atomic mass is 16.5. The predicted octanol–water partition coefficient (Wildman–Crippen LogP) is 4.47. The van der Waals surface area contributed by atoms with Crippen molar-refractivity contribution in [3.63, 3.8) is 0 Å². The van der Waals surface area contributed by atoms with Crippen LogP contribution < -0.4 is 4.74 Å². The molecule has 1 aromatic rings. The molecule has 0 saturated carbocycles. The van der Waals surface area contributed by atoms with Gasteiger partial charge in [-0.05, 0) is 57.4 Å². The van der Waals surface area contributed by atoms with E-state index in [1.807, 2.05) is 24.3 Å². The Labute approximate surface area is 133 Å². The number of hydrogen-bond acceptors (Lipinski definition) is 3. The lowest BCUT2D eigenvalue weighted by atomic mass is 10.1. The number of carbonyl (C=O) groups is 1. The molecule has 0 spiro atoms. The van der Waals surface area contributed by atoms with Gasteiger partial charge in [-0.2, -0.15) is 0 Å². The summed E-state index contributed by atoms with van der Waals surface area (Å²) in [7, 11) is 1.39. The fourth-order valence-electron chi connectivity index (χ4n) is 1.91. The zero-order valence-corrected chi connectivity index (χ0v) is 14.0. The summed E-state index contributed by atoms with van der Waals surface area (Å²) in [6, 6.07) is 7.53. The van der Waals surface area contributed by atoms with Crippen LogP contribution in [0.15, 0.2) is 47.6 Å². The molecule has 22 heavy (non-hydrogen) atoms. The topological polar surface area (TPSA) is 35.5 Å². The average Bonchev–Trinajstić information content (AvgIpc) is 2.48. The van der Waals surface area contributed by atoms with Crippen molar-refractivity contribution in [2.75, 3.05) is 13.7 Å². The third-order valence-corrected chi connectivity index (χ3v) is 3.27. The molecule has 120 valence electrons. The van der Waals surface area contributed by atoms with Gasteiger partial charge < -0.3 is 9.47 Å². The maximum absolute atomic E-state index is 11.2. The lowest BCUT2D eigenvalue weighted by molar-refractivity contribution is -0.139. The monoisotopic (exact) mass is 302 g/mol. The van der Waals surface area contributed by atoms with E-state index in [0.29, 0.717) is 13.0 Å². The van der Waals surface area contributed by atoms with Gasteiger partial charge >= 0.3 is 5.97 Å². The minimum absolute atomic E-state index is 0.233. The van der Waals surface area contributed by atoms with Crippen molar-refractivity contribution in [3.05, 3.63) is 53.1 Å². The van der Waals surface area contributed by atoms with E-state index < -0.39 is 0 Å². The first-order valence-electron chi connectivity index (χ1n) is 7.59. The highest BCUT2D eigenvalue weighted by molar-refractivity contribution is 5.72. The van der Waals surface area contributed by atoms with E-state index in [1.54, 1.807) is 0 Å². The Bertz CT molecular complexity index is 520. The fourth-order valence-corrected chi connectivity index (χ4v) is 1.91. The van der Waals surface area contributed by atoms with Crippen molar-refractivity contribution in [2.45, 2.75) is 40.0 Å². The molecule has 0 amide bonds. The van der Waals surface area contributed by atoms with E-state index in [2.05, 4.69) is 37.7 Å². The molecule has 0 bridgehead atoms. The van der Waals surface area contributed by atoms with E-state index >= 15 is 0 Å². The Hall–Kier alpha value is -2.03. The molecule has 1 aromatic carbocycles. The first-order chi connectivity index (χ1) is 10.5. The van der Waals surface area contributed by atoms with Crippen LogP contribution in [0.4, 0.5) is 0 Å². The van der Waals surface area contributed by atoms with E-state index in [0.717, 1.165) is 24.2 Å². The molecule has 3 heteroatoms. The molecule has 0 atom stereocenters. The van der Waals surface area contributed by atoms with Gasteiger partial charge in [-0.1, -0.05) is 29.4 Å². The summed E-state index contributed by atoms with van der Waals surface area (Å²) < 4.78 is 10.3. The second-order valence-electron chi connectivity index (χ2n) is 5.58. The largest absolute Gasteiger partial charge is 0.490 e. The third-order valence-electron chi connectivity index (χ3n) is 3.27. The van der Waals surface area contributed by atoms with Gasteiger partial charge in [0.05, 0.1) is 13.5 Å². The van der Waals surface area contributed by atoms with Crippen molar-refractivity contribution < 1.29 is 14.3 Å². The summed E-state index contributed by atoms with van der Waals surface area (Å²) >= 11 is 0. The van der Waals surface area contributed by atoms with Crippen LogP contribution in [0.3, 0.4) is 0 Å². The zero-order valence-electron chi connectivity index (χ0n) is 14.0. The van der Waals surface area contributed by atoms with E-state index in [9.17, 15) is 4.79 Å². The first kappa shape index (κ1) is 18.0. The highest BCUT2D eigenvalue weighted by Gasteiger charge is 2.02. The highest BCUT2D eigenvalue weighted by Crippen LogP contribution is 2.13. The van der Waals surface area contributed by atoms with E-state index in [-0.39, 0.29) is 5.97 Å². The molecule has 0 aromatic heterocycles. The molecular weight excluding hydrogens is 276 g/mol. The van der Waals surface area contributed by atoms with Crippen molar-refractivity contribution in [1.82, 2.24) is 0 Å². The summed E-state index contributed by atoms with van der Waals surface area (Å²) in [6.45, 7) is 6.93. The van der Waals surface area contributed by atoms with Crippen LogP contribution in [0, 0.1) is 0 Å². The summed E-state index contributed by atoms with van der Waals surface area (Å²) in [6.07, 6.45) is 6.79. The van der Waals surface area contributed by atoms with Gasteiger partial charge in [0.2, 0.25) is 0 Å². The molecule has 0 aliphatic carbocycles. The SMILES string of the molecule is COC(=O)Cc1ccc(OC/C=C(\C)CCC=C(C)C)cc1. The van der Waals surface area contributed by atoms with Crippen molar-refractivity contribution in [1.29, 1.82) is 0 Å². The van der Waals surface area contributed by atoms with Crippen LogP contribution in [0.1, 0.15) is 39.2 Å². The van der Waals surface area contributed by atoms with Crippen LogP contribution in [0.25, 0.3) is 0 Å². The molecule has 0 N–H and O–H groups in total. The molecule has 0 heterocycles. The fraction of sp³-hybridized carbons (Fsp3) is 0.421. The quantitative estimate of drug-likeness (QED) is 0.525. The lowest BCUT2D eigenvalue weighted by Gasteiger charge is -2.06. The van der Waals surface area contributed by atoms with Crippen LogP contribution in [0.2, 0.25) is 0 Å². The minimum Gasteiger partial charge on any atom is -0.490 e. The van der Waals surface area contributed by atoms with Crippen molar-refractivity contribution in [3.8, 4) is 5.75 Å². The van der Waals surface area contributed by atoms with Gasteiger partial charge in [-0.3, -0.25) is 4.79 Å². The zero-order chi connectivity index (χ0) is 16.4. The number of methoxy groups -OCH3 is 1. The molecule has 0 fully saturated rings. The number of carbonyl (C=O) groups excluding carboxylic acids is 1. The standard InChI is InChI=1S/C19H26O3/c1-15(2)6-5-7-16(3)12-13-22-18-10-8-17(9-11-18)14-19(20)21-4/h6,8-12H,5,7,13-14H2,1-4H3/b16-12+. The number of allylic oxidation sites excluding steroid dienone is 3. The number of esters is 1. The second-order valence-corrected chi connectivity index (χ2v) is 5.58. The third kappa shape index (κ3) is 7.67. The Morgan fingerprint density at radius 2 is 1.77 bits per heavy atom. The smallest absolute Gasteiger partial charge is 0.309 e. The summed E-state index contributed by atoms with van der Waals surface area (Å²) in [4.78, 5) is 11.2. The number of benzene rings is 1. The molecule has 0 aliphatic rings. The predicted molar refractivity (Wildman–Crippen MR) is 90.1 cm³/mol. The van der Waals surface area contributed by atoms with E-state index in [4.69, 9.17) is 4.74 Å². The van der Waals surface area contributed by atoms with Crippen LogP contribution in [-0.4, -0.2) is 19.7 Å². The normalized spacial score (nSPS) is 11.0. The maximum Gasteiger partial charge on any atom is 0.309 e. The summed E-state index contributed by atoms with van der Waals surface area (Å²) in [5.74, 6) is 0.575. The average molecular weight is 302 g/mol. The van der Waals surface area contributed by atoms with Gasteiger partial charge in [-0.25, -0.2) is 0 Å². The van der Waals surface area contributed by atoms with Gasteiger partial charge in [0.15, 0.2) is 0 Å². The van der Waals surface area contributed by atoms with Crippen molar-refractivity contribution in [2.24, 2.45) is 0 Å². The minimum atomic E-state index is -0.233. The molecule has 0 unspecified atom stereocenters. The number of hydrogen-bond donors (Lipinski definition) is 0. The van der Waals surface area contributed by atoms with Crippen molar-refractivity contribution >= 4 is 5.97 Å². The Balaban J connectivity index is 2.38. The summed E-state index contributed by atoms with van der Waals surface area (Å²) in [5.41, 5.74) is 3.61. The Morgan fingerprint density at radius 1 is 1.09 bits per heavy atom. The van der Waals surface area contributed by atoms with Gasteiger partial charge in [-0.15, -0.1) is 0 Å². The molecule has 0 radical (unpaired) electrons. The van der Waals surface area contributed by atoms with Crippen LogP contribution in [-0.2, 0) is 16.0 Å². The number of ether oxygens (including phenoxy) is 2. The molecular formula is C19H26O3. The maximum atomic E-state index is 11.2. The molecule has 0 aliphatic heterocycles. The summed E-state index contributed by atoms with van der Waals surface area (Å²) in [5, 5.41) is 0. The molecule has 0 saturated heterocycles.